The Morgan fingerprint density at radius 3 is 2.22 bits per heavy atom. The van der Waals surface area contributed by atoms with Gasteiger partial charge in [-0.2, -0.15) is 4.99 Å². The predicted molar refractivity (Wildman–Crippen MR) is 40.1 cm³/mol. The summed E-state index contributed by atoms with van der Waals surface area (Å²) in [5.74, 6) is 0. The molecular weight excluding hydrogens is 114 g/mol. The molecule has 0 saturated heterocycles. The van der Waals surface area contributed by atoms with Crippen molar-refractivity contribution >= 4 is 12.7 Å². The van der Waals surface area contributed by atoms with Crippen LogP contribution < -0.4 is 5.73 Å². The molecule has 0 aromatic rings. The molecule has 0 fully saturated rings. The molecule has 0 bridgehead atoms. The van der Waals surface area contributed by atoms with Gasteiger partial charge in [0.25, 0.3) is 0 Å². The van der Waals surface area contributed by atoms with Gasteiger partial charge in [0.2, 0.25) is 6.34 Å². The van der Waals surface area contributed by atoms with Crippen molar-refractivity contribution in [3.05, 3.63) is 0 Å². The summed E-state index contributed by atoms with van der Waals surface area (Å²) in [4.78, 5) is 3.82. The number of nitrogens with zero attached hydrogens (tertiary/aromatic N) is 2. The molecule has 0 atom stereocenters. The lowest BCUT2D eigenvalue weighted by atomic mass is 10.4. The minimum atomic E-state index is 0.388. The summed E-state index contributed by atoms with van der Waals surface area (Å²) in [7, 11) is 1.72. The first-order valence-electron chi connectivity index (χ1n) is 2.97. The molecule has 0 aliphatic heterocycles. The van der Waals surface area contributed by atoms with Crippen molar-refractivity contribution in [2.45, 2.75) is 19.9 Å². The third-order valence-corrected chi connectivity index (χ3v) is 1.02. The van der Waals surface area contributed by atoms with Crippen molar-refractivity contribution in [2.24, 2.45) is 10.7 Å². The van der Waals surface area contributed by atoms with E-state index in [0.29, 0.717) is 6.04 Å². The van der Waals surface area contributed by atoms with Gasteiger partial charge in [-0.25, -0.2) is 4.58 Å². The van der Waals surface area contributed by atoms with Crippen LogP contribution in [0.25, 0.3) is 0 Å². The van der Waals surface area contributed by atoms with Gasteiger partial charge < -0.3 is 5.73 Å². The molecule has 0 aromatic heterocycles. The molecule has 0 spiro atoms. The third kappa shape index (κ3) is 2.85. The molecule has 3 nitrogen and oxygen atoms in total. The van der Waals surface area contributed by atoms with Gasteiger partial charge in [-0.1, -0.05) is 0 Å². The lowest BCUT2D eigenvalue weighted by Gasteiger charge is -2.01. The highest BCUT2D eigenvalue weighted by atomic mass is 15.1. The molecule has 0 aliphatic rings. The Balaban J connectivity index is 4.01. The van der Waals surface area contributed by atoms with Crippen LogP contribution in [0.5, 0.6) is 0 Å². The van der Waals surface area contributed by atoms with Crippen LogP contribution in [0.2, 0.25) is 0 Å². The fraction of sp³-hybridized carbons (Fsp3) is 0.667. The minimum Gasteiger partial charge on any atom is -0.325 e. The summed E-state index contributed by atoms with van der Waals surface area (Å²) in [6.07, 6.45) is 3.21. The van der Waals surface area contributed by atoms with Gasteiger partial charge in [0, 0.05) is 0 Å². The number of nitrogens with two attached hydrogens (primary N) is 1. The topological polar surface area (TPSA) is 41.4 Å². The van der Waals surface area contributed by atoms with Crippen LogP contribution >= 0.6 is 0 Å². The van der Waals surface area contributed by atoms with Crippen LogP contribution in [-0.2, 0) is 0 Å². The largest absolute Gasteiger partial charge is 0.325 e. The molecule has 0 radical (unpaired) electrons. The van der Waals surface area contributed by atoms with Crippen LogP contribution in [0.15, 0.2) is 4.99 Å². The first-order chi connectivity index (χ1) is 4.22. The molecule has 0 amide bonds. The first kappa shape index (κ1) is 8.14. The van der Waals surface area contributed by atoms with Crippen LogP contribution in [0, 0.1) is 0 Å². The quantitative estimate of drug-likeness (QED) is 0.319. The maximum atomic E-state index is 5.27. The molecule has 0 aromatic carbocycles. The number of aliphatic imine (C=N–C) groups is 1. The van der Waals surface area contributed by atoms with Gasteiger partial charge in [-0.3, -0.25) is 0 Å². The maximum Gasteiger partial charge on any atom is 0.219 e. The third-order valence-electron chi connectivity index (χ3n) is 1.02. The lowest BCUT2D eigenvalue weighted by molar-refractivity contribution is -0.431. The van der Waals surface area contributed by atoms with Crippen molar-refractivity contribution in [3.63, 3.8) is 0 Å². The van der Waals surface area contributed by atoms with E-state index >= 15 is 0 Å². The van der Waals surface area contributed by atoms with Gasteiger partial charge in [0.05, 0.1) is 13.1 Å². The van der Waals surface area contributed by atoms with Crippen molar-refractivity contribution in [1.29, 1.82) is 0 Å². The number of hydrogen-bond acceptors (Lipinski definition) is 1. The smallest absolute Gasteiger partial charge is 0.219 e. The van der Waals surface area contributed by atoms with Crippen molar-refractivity contribution < 1.29 is 4.58 Å². The normalized spacial score (nSPS) is 13.6. The van der Waals surface area contributed by atoms with Crippen LogP contribution in [0.1, 0.15) is 13.8 Å². The molecule has 0 aliphatic carbocycles. The van der Waals surface area contributed by atoms with Gasteiger partial charge in [-0.05, 0) is 13.8 Å². The summed E-state index contributed by atoms with van der Waals surface area (Å²) in [5, 5.41) is 0. The molecule has 0 unspecified atom stereocenters. The summed E-state index contributed by atoms with van der Waals surface area (Å²) < 4.78 is 1.83. The zero-order valence-corrected chi connectivity index (χ0v) is 6.20. The van der Waals surface area contributed by atoms with Crippen LogP contribution in [0.3, 0.4) is 0 Å². The second kappa shape index (κ2) is 4.06. The summed E-state index contributed by atoms with van der Waals surface area (Å²) in [6.45, 7) is 4.09. The Morgan fingerprint density at radius 2 is 2.11 bits per heavy atom. The molecule has 0 rings (SSSR count). The van der Waals surface area contributed by atoms with Gasteiger partial charge in [0.15, 0.2) is 6.34 Å². The monoisotopic (exact) mass is 128 g/mol. The average Bonchev–Trinajstić information content (AvgIpc) is 1.82. The fourth-order valence-electron chi connectivity index (χ4n) is 0.477. The molecular formula is C6H14N3+. The van der Waals surface area contributed by atoms with E-state index in [2.05, 4.69) is 4.99 Å². The molecule has 9 heavy (non-hydrogen) atoms. The van der Waals surface area contributed by atoms with Crippen LogP contribution in [0.4, 0.5) is 0 Å². The minimum absolute atomic E-state index is 0.388. The van der Waals surface area contributed by atoms with E-state index in [4.69, 9.17) is 5.73 Å². The highest BCUT2D eigenvalue weighted by molar-refractivity contribution is 5.55. The highest BCUT2D eigenvalue weighted by Crippen LogP contribution is 1.81. The average molecular weight is 128 g/mol. The Hall–Kier alpha value is -0.860. The lowest BCUT2D eigenvalue weighted by Crippen LogP contribution is -2.23. The van der Waals surface area contributed by atoms with E-state index in [1.54, 1.807) is 13.4 Å². The Kier molecular flexibility index (Phi) is 3.67. The van der Waals surface area contributed by atoms with E-state index < -0.39 is 0 Å². The summed E-state index contributed by atoms with van der Waals surface area (Å²) >= 11 is 0. The number of hydrogen-bond donors (Lipinski definition) is 1. The SMILES string of the molecule is C/N=C\[N+](=C/N)C(C)C. The fourth-order valence-corrected chi connectivity index (χ4v) is 0.477. The molecule has 3 heteroatoms. The van der Waals surface area contributed by atoms with E-state index in [1.807, 2.05) is 18.4 Å². The van der Waals surface area contributed by atoms with Gasteiger partial charge in [0.1, 0.15) is 0 Å². The van der Waals surface area contributed by atoms with E-state index in [9.17, 15) is 0 Å². The molecule has 52 valence electrons. The van der Waals surface area contributed by atoms with Crippen molar-refractivity contribution in [3.8, 4) is 0 Å². The van der Waals surface area contributed by atoms with Crippen LogP contribution in [-0.4, -0.2) is 30.3 Å². The first-order valence-corrected chi connectivity index (χ1v) is 2.97. The maximum absolute atomic E-state index is 5.27. The van der Waals surface area contributed by atoms with Gasteiger partial charge in [-0.15, -0.1) is 0 Å². The van der Waals surface area contributed by atoms with Gasteiger partial charge >= 0.3 is 0 Å². The predicted octanol–water partition coefficient (Wildman–Crippen LogP) is 0.0524. The molecule has 0 saturated carbocycles. The Labute approximate surface area is 55.9 Å². The summed E-state index contributed by atoms with van der Waals surface area (Å²) in [6, 6.07) is 0.388. The zero-order valence-electron chi connectivity index (χ0n) is 6.20. The van der Waals surface area contributed by atoms with E-state index in [0.717, 1.165) is 0 Å². The van der Waals surface area contributed by atoms with E-state index in [1.165, 1.54) is 6.34 Å². The number of rotatable bonds is 2. The molecule has 2 N–H and O–H groups in total. The van der Waals surface area contributed by atoms with E-state index in [-0.39, 0.29) is 0 Å². The highest BCUT2D eigenvalue weighted by Gasteiger charge is 1.97. The Bertz CT molecular complexity index is 124. The van der Waals surface area contributed by atoms with Crippen molar-refractivity contribution in [2.75, 3.05) is 7.05 Å². The molecule has 0 heterocycles. The Morgan fingerprint density at radius 1 is 1.56 bits per heavy atom. The zero-order chi connectivity index (χ0) is 7.28. The standard InChI is InChI=1S/C6H13N3/c1-6(2)9(4-7)5-8-3/h4-7H,1-3H3/p+1/b8-5-. The van der Waals surface area contributed by atoms with Crippen molar-refractivity contribution in [1.82, 2.24) is 0 Å². The summed E-state index contributed by atoms with van der Waals surface area (Å²) in [5.41, 5.74) is 5.27. The second-order valence-corrected chi connectivity index (χ2v) is 2.06. The second-order valence-electron chi connectivity index (χ2n) is 2.06.